The molecular formula is C13H18O4S. The van der Waals surface area contributed by atoms with Gasteiger partial charge in [-0.15, -0.1) is 0 Å². The van der Waals surface area contributed by atoms with E-state index in [4.69, 9.17) is 8.92 Å². The average molecular weight is 270 g/mol. The van der Waals surface area contributed by atoms with Crippen LogP contribution in [-0.2, 0) is 19.0 Å². The molecule has 1 fully saturated rings. The fourth-order valence-electron chi connectivity index (χ4n) is 1.91. The van der Waals surface area contributed by atoms with Crippen LogP contribution in [0.2, 0.25) is 0 Å². The van der Waals surface area contributed by atoms with Crippen LogP contribution >= 0.6 is 0 Å². The summed E-state index contributed by atoms with van der Waals surface area (Å²) < 4.78 is 34.0. The van der Waals surface area contributed by atoms with E-state index in [0.29, 0.717) is 12.5 Å². The molecule has 1 unspecified atom stereocenters. The van der Waals surface area contributed by atoms with Crippen molar-refractivity contribution < 1.29 is 17.3 Å². The highest BCUT2D eigenvalue weighted by molar-refractivity contribution is 7.86. The third-order valence-corrected chi connectivity index (χ3v) is 4.42. The molecule has 0 aliphatic carbocycles. The molecule has 0 saturated carbocycles. The highest BCUT2D eigenvalue weighted by Crippen LogP contribution is 2.18. The molecule has 0 bridgehead atoms. The van der Waals surface area contributed by atoms with Gasteiger partial charge in [-0.05, 0) is 37.8 Å². The van der Waals surface area contributed by atoms with Gasteiger partial charge < -0.3 is 4.74 Å². The van der Waals surface area contributed by atoms with Gasteiger partial charge in [0.25, 0.3) is 10.1 Å². The smallest absolute Gasteiger partial charge is 0.296 e. The van der Waals surface area contributed by atoms with Crippen molar-refractivity contribution in [3.05, 3.63) is 29.8 Å². The lowest BCUT2D eigenvalue weighted by Crippen LogP contribution is -2.11. The lowest BCUT2D eigenvalue weighted by Gasteiger charge is -2.08. The topological polar surface area (TPSA) is 52.6 Å². The van der Waals surface area contributed by atoms with Gasteiger partial charge in [0.2, 0.25) is 0 Å². The van der Waals surface area contributed by atoms with Crippen molar-refractivity contribution in [2.45, 2.75) is 24.7 Å². The average Bonchev–Trinajstić information content (AvgIpc) is 2.82. The van der Waals surface area contributed by atoms with Crippen LogP contribution in [0, 0.1) is 12.8 Å². The number of aryl methyl sites for hydroxylation is 1. The van der Waals surface area contributed by atoms with Gasteiger partial charge in [0, 0.05) is 13.2 Å². The van der Waals surface area contributed by atoms with E-state index in [9.17, 15) is 8.42 Å². The molecule has 4 nitrogen and oxygen atoms in total. The van der Waals surface area contributed by atoms with Crippen molar-refractivity contribution in [3.63, 3.8) is 0 Å². The SMILES string of the molecule is Cc1ccc(S(=O)(=O)OCCC2CCOC2)cc1. The molecule has 1 aliphatic rings. The summed E-state index contributed by atoms with van der Waals surface area (Å²) in [5, 5.41) is 0. The summed E-state index contributed by atoms with van der Waals surface area (Å²) in [4.78, 5) is 0.218. The Balaban J connectivity index is 1.88. The van der Waals surface area contributed by atoms with Crippen molar-refractivity contribution in [2.75, 3.05) is 19.8 Å². The highest BCUT2D eigenvalue weighted by Gasteiger charge is 2.18. The first-order valence-electron chi connectivity index (χ1n) is 6.12. The van der Waals surface area contributed by atoms with E-state index in [-0.39, 0.29) is 11.5 Å². The zero-order valence-electron chi connectivity index (χ0n) is 10.5. The van der Waals surface area contributed by atoms with E-state index < -0.39 is 10.1 Å². The van der Waals surface area contributed by atoms with Crippen molar-refractivity contribution in [1.29, 1.82) is 0 Å². The Labute approximate surface area is 108 Å². The van der Waals surface area contributed by atoms with Crippen molar-refractivity contribution in [2.24, 2.45) is 5.92 Å². The first-order chi connectivity index (χ1) is 8.58. The second-order valence-electron chi connectivity index (χ2n) is 4.61. The summed E-state index contributed by atoms with van der Waals surface area (Å²) in [6.07, 6.45) is 1.72. The molecule has 1 aromatic carbocycles. The van der Waals surface area contributed by atoms with E-state index in [1.54, 1.807) is 24.3 Å². The molecule has 1 aromatic rings. The highest BCUT2D eigenvalue weighted by atomic mass is 32.2. The zero-order valence-corrected chi connectivity index (χ0v) is 11.3. The van der Waals surface area contributed by atoms with Gasteiger partial charge >= 0.3 is 0 Å². The summed E-state index contributed by atoms with van der Waals surface area (Å²) in [6, 6.07) is 6.68. The van der Waals surface area contributed by atoms with Gasteiger partial charge in [0.15, 0.2) is 0 Å². The van der Waals surface area contributed by atoms with E-state index >= 15 is 0 Å². The summed E-state index contributed by atoms with van der Waals surface area (Å²) in [5.74, 6) is 0.429. The van der Waals surface area contributed by atoms with E-state index in [1.807, 2.05) is 6.92 Å². The summed E-state index contributed by atoms with van der Waals surface area (Å²) >= 11 is 0. The third-order valence-electron chi connectivity index (χ3n) is 3.10. The quantitative estimate of drug-likeness (QED) is 0.769. The first kappa shape index (κ1) is 13.5. The molecule has 1 aliphatic heterocycles. The van der Waals surface area contributed by atoms with Gasteiger partial charge in [-0.3, -0.25) is 4.18 Å². The minimum Gasteiger partial charge on any atom is -0.381 e. The monoisotopic (exact) mass is 270 g/mol. The van der Waals surface area contributed by atoms with E-state index in [1.165, 1.54) is 0 Å². The zero-order chi connectivity index (χ0) is 13.0. The van der Waals surface area contributed by atoms with Crippen LogP contribution in [0.3, 0.4) is 0 Å². The van der Waals surface area contributed by atoms with Crippen LogP contribution in [0.4, 0.5) is 0 Å². The van der Waals surface area contributed by atoms with Crippen LogP contribution < -0.4 is 0 Å². The van der Waals surface area contributed by atoms with Crippen LogP contribution in [0.15, 0.2) is 29.2 Å². The molecule has 1 heterocycles. The minimum absolute atomic E-state index is 0.218. The normalized spacial score (nSPS) is 20.2. The molecule has 1 atom stereocenters. The standard InChI is InChI=1S/C13H18O4S/c1-11-2-4-13(5-3-11)18(14,15)17-9-7-12-6-8-16-10-12/h2-5,12H,6-10H2,1H3. The van der Waals surface area contributed by atoms with Crippen molar-refractivity contribution in [3.8, 4) is 0 Å². The summed E-state index contributed by atoms with van der Waals surface area (Å²) in [7, 11) is -3.61. The molecule has 0 amide bonds. The molecule has 0 N–H and O–H groups in total. The Kier molecular flexibility index (Phi) is 4.37. The predicted octanol–water partition coefficient (Wildman–Crippen LogP) is 2.13. The molecule has 1 saturated heterocycles. The fraction of sp³-hybridized carbons (Fsp3) is 0.538. The van der Waals surface area contributed by atoms with Crippen LogP contribution in [-0.4, -0.2) is 28.2 Å². The predicted molar refractivity (Wildman–Crippen MR) is 67.9 cm³/mol. The molecular weight excluding hydrogens is 252 g/mol. The Morgan fingerprint density at radius 3 is 2.67 bits per heavy atom. The van der Waals surface area contributed by atoms with E-state index in [0.717, 1.165) is 25.0 Å². The molecule has 0 aromatic heterocycles. The molecule has 5 heteroatoms. The van der Waals surface area contributed by atoms with Crippen LogP contribution in [0.5, 0.6) is 0 Å². The van der Waals surface area contributed by atoms with Gasteiger partial charge in [0.05, 0.1) is 11.5 Å². The Morgan fingerprint density at radius 1 is 1.33 bits per heavy atom. The van der Waals surface area contributed by atoms with Gasteiger partial charge in [-0.25, -0.2) is 0 Å². The van der Waals surface area contributed by atoms with E-state index in [2.05, 4.69) is 0 Å². The van der Waals surface area contributed by atoms with Crippen LogP contribution in [0.1, 0.15) is 18.4 Å². The first-order valence-corrected chi connectivity index (χ1v) is 7.52. The fourth-order valence-corrected chi connectivity index (χ4v) is 2.83. The summed E-state index contributed by atoms with van der Waals surface area (Å²) in [5.41, 5.74) is 1.03. The maximum atomic E-state index is 11.9. The van der Waals surface area contributed by atoms with Gasteiger partial charge in [0.1, 0.15) is 0 Å². The van der Waals surface area contributed by atoms with Crippen molar-refractivity contribution in [1.82, 2.24) is 0 Å². The minimum atomic E-state index is -3.61. The van der Waals surface area contributed by atoms with Crippen LogP contribution in [0.25, 0.3) is 0 Å². The molecule has 0 spiro atoms. The summed E-state index contributed by atoms with van der Waals surface area (Å²) in [6.45, 7) is 3.63. The lowest BCUT2D eigenvalue weighted by atomic mass is 10.1. The molecule has 0 radical (unpaired) electrons. The largest absolute Gasteiger partial charge is 0.381 e. The number of benzene rings is 1. The maximum absolute atomic E-state index is 11.9. The molecule has 2 rings (SSSR count). The number of hydrogen-bond donors (Lipinski definition) is 0. The van der Waals surface area contributed by atoms with Gasteiger partial charge in [-0.2, -0.15) is 8.42 Å². The number of rotatable bonds is 5. The Morgan fingerprint density at radius 2 is 2.06 bits per heavy atom. The Bertz CT molecular complexity index is 472. The second-order valence-corrected chi connectivity index (χ2v) is 6.22. The number of ether oxygens (including phenoxy) is 1. The van der Waals surface area contributed by atoms with Crippen molar-refractivity contribution >= 4 is 10.1 Å². The second kappa shape index (κ2) is 5.82. The molecule has 100 valence electrons. The van der Waals surface area contributed by atoms with Gasteiger partial charge in [-0.1, -0.05) is 17.7 Å². The number of hydrogen-bond acceptors (Lipinski definition) is 4. The maximum Gasteiger partial charge on any atom is 0.296 e. The Hall–Kier alpha value is -0.910. The lowest BCUT2D eigenvalue weighted by molar-refractivity contribution is 0.178. The molecule has 18 heavy (non-hydrogen) atoms. The third kappa shape index (κ3) is 3.54.